The second kappa shape index (κ2) is 11.4. The van der Waals surface area contributed by atoms with Crippen molar-refractivity contribution in [3.05, 3.63) is 64.0 Å². The second-order valence-electron chi connectivity index (χ2n) is 8.36. The van der Waals surface area contributed by atoms with Crippen molar-refractivity contribution < 1.29 is 28.5 Å². The first-order valence-electron chi connectivity index (χ1n) is 11.5. The smallest absolute Gasteiger partial charge is 0.343 e. The Balaban J connectivity index is 1.44. The van der Waals surface area contributed by atoms with Crippen molar-refractivity contribution >= 4 is 16.7 Å². The monoisotopic (exact) mass is 469 g/mol. The van der Waals surface area contributed by atoms with E-state index >= 15 is 0 Å². The van der Waals surface area contributed by atoms with Gasteiger partial charge in [-0.1, -0.05) is 12.1 Å². The van der Waals surface area contributed by atoms with E-state index in [2.05, 4.69) is 0 Å². The fourth-order valence-corrected chi connectivity index (χ4v) is 4.08. The first-order valence-corrected chi connectivity index (χ1v) is 11.5. The lowest BCUT2D eigenvalue weighted by molar-refractivity contribution is 0.0180. The van der Waals surface area contributed by atoms with Gasteiger partial charge in [0.1, 0.15) is 23.7 Å². The summed E-state index contributed by atoms with van der Waals surface area (Å²) in [5.74, 6) is 0.503. The lowest BCUT2D eigenvalue weighted by Crippen LogP contribution is -2.16. The van der Waals surface area contributed by atoms with Crippen LogP contribution in [0.15, 0.2) is 51.7 Å². The Kier molecular flexibility index (Phi) is 8.05. The topological polar surface area (TPSA) is 113 Å². The van der Waals surface area contributed by atoms with Gasteiger partial charge in [-0.05, 0) is 48.6 Å². The van der Waals surface area contributed by atoms with E-state index in [1.54, 1.807) is 31.4 Å². The molecule has 1 aromatic heterocycles. The first-order chi connectivity index (χ1) is 16.6. The van der Waals surface area contributed by atoms with Gasteiger partial charge in [-0.2, -0.15) is 0 Å². The third kappa shape index (κ3) is 5.88. The van der Waals surface area contributed by atoms with Crippen LogP contribution in [-0.2, 0) is 14.2 Å². The van der Waals surface area contributed by atoms with Gasteiger partial charge in [-0.3, -0.25) is 0 Å². The summed E-state index contributed by atoms with van der Waals surface area (Å²) in [6.07, 6.45) is 1.98. The first kappa shape index (κ1) is 24.1. The molecule has 0 aliphatic heterocycles. The van der Waals surface area contributed by atoms with E-state index in [4.69, 9.17) is 29.1 Å². The van der Waals surface area contributed by atoms with Crippen LogP contribution in [0.2, 0.25) is 0 Å². The summed E-state index contributed by atoms with van der Waals surface area (Å²) in [5.41, 5.74) is 7.53. The molecule has 1 heterocycles. The summed E-state index contributed by atoms with van der Waals surface area (Å²) in [7, 11) is 1.63. The standard InChI is InChI=1S/C26H31NO7/c1-30-9-10-31-11-12-32-13-14-33-20-7-8-21-22(16-20)34-26(29)24(25(21)28)23(17-5-6-17)18-3-2-4-19(27)15-18/h2-4,7-8,15-17,23,28H,5-6,9-14,27H2,1H3. The molecule has 8 nitrogen and oxygen atoms in total. The molecule has 0 amide bonds. The molecule has 1 aliphatic rings. The van der Waals surface area contributed by atoms with Gasteiger partial charge < -0.3 is 34.2 Å². The SMILES string of the molecule is COCCOCCOCCOc1ccc2c(O)c(C(c3cccc(N)c3)C3CC3)c(=O)oc2c1. The number of hydrogen-bond acceptors (Lipinski definition) is 8. The molecule has 34 heavy (non-hydrogen) atoms. The van der Waals surface area contributed by atoms with E-state index in [0.717, 1.165) is 18.4 Å². The van der Waals surface area contributed by atoms with E-state index in [0.29, 0.717) is 56.5 Å². The highest BCUT2D eigenvalue weighted by molar-refractivity contribution is 5.85. The average molecular weight is 470 g/mol. The van der Waals surface area contributed by atoms with Crippen molar-refractivity contribution in [2.45, 2.75) is 18.8 Å². The molecule has 2 aromatic carbocycles. The van der Waals surface area contributed by atoms with E-state index in [-0.39, 0.29) is 28.7 Å². The molecule has 1 atom stereocenters. The third-order valence-corrected chi connectivity index (χ3v) is 5.86. The van der Waals surface area contributed by atoms with Crippen molar-refractivity contribution in [1.82, 2.24) is 0 Å². The van der Waals surface area contributed by atoms with Crippen LogP contribution in [0.5, 0.6) is 11.5 Å². The summed E-state index contributed by atoms with van der Waals surface area (Å²) in [6, 6.07) is 12.5. The number of anilines is 1. The number of hydrogen-bond donors (Lipinski definition) is 2. The summed E-state index contributed by atoms with van der Waals surface area (Å²) in [5, 5.41) is 11.6. The third-order valence-electron chi connectivity index (χ3n) is 5.86. The Morgan fingerprint density at radius 1 is 1.03 bits per heavy atom. The Morgan fingerprint density at radius 3 is 2.47 bits per heavy atom. The second-order valence-corrected chi connectivity index (χ2v) is 8.36. The van der Waals surface area contributed by atoms with Crippen LogP contribution in [0.3, 0.4) is 0 Å². The lowest BCUT2D eigenvalue weighted by Gasteiger charge is -2.18. The highest BCUT2D eigenvalue weighted by atomic mass is 16.6. The van der Waals surface area contributed by atoms with Gasteiger partial charge in [-0.25, -0.2) is 4.79 Å². The van der Waals surface area contributed by atoms with E-state index in [1.165, 1.54) is 0 Å². The van der Waals surface area contributed by atoms with Gasteiger partial charge in [0, 0.05) is 24.8 Å². The average Bonchev–Trinajstić information content (AvgIpc) is 3.65. The summed E-state index contributed by atoms with van der Waals surface area (Å²) in [6.45, 7) is 2.77. The maximum absolute atomic E-state index is 13.0. The van der Waals surface area contributed by atoms with Crippen LogP contribution in [-0.4, -0.2) is 51.9 Å². The van der Waals surface area contributed by atoms with Gasteiger partial charge in [-0.15, -0.1) is 0 Å². The fourth-order valence-electron chi connectivity index (χ4n) is 4.08. The number of rotatable bonds is 13. The number of fused-ring (bicyclic) bond motifs is 1. The zero-order valence-corrected chi connectivity index (χ0v) is 19.3. The van der Waals surface area contributed by atoms with Crippen LogP contribution >= 0.6 is 0 Å². The molecule has 4 rings (SSSR count). The van der Waals surface area contributed by atoms with E-state index in [9.17, 15) is 9.90 Å². The minimum Gasteiger partial charge on any atom is -0.507 e. The Labute approximate surface area is 198 Å². The molecule has 0 saturated heterocycles. The molecule has 182 valence electrons. The van der Waals surface area contributed by atoms with Crippen molar-refractivity contribution in [3.8, 4) is 11.5 Å². The maximum atomic E-state index is 13.0. The summed E-state index contributed by atoms with van der Waals surface area (Å²) < 4.78 is 27.0. The largest absolute Gasteiger partial charge is 0.507 e. The molecule has 1 fully saturated rings. The Morgan fingerprint density at radius 2 is 1.76 bits per heavy atom. The molecular weight excluding hydrogens is 438 g/mol. The number of nitrogen functional groups attached to an aromatic ring is 1. The number of nitrogens with two attached hydrogens (primary N) is 1. The summed E-state index contributed by atoms with van der Waals surface area (Å²) in [4.78, 5) is 13.0. The van der Waals surface area contributed by atoms with Gasteiger partial charge in [0.15, 0.2) is 0 Å². The Bertz CT molecular complexity index is 1160. The van der Waals surface area contributed by atoms with Crippen molar-refractivity contribution in [2.24, 2.45) is 5.92 Å². The van der Waals surface area contributed by atoms with Gasteiger partial charge in [0.25, 0.3) is 0 Å². The highest BCUT2D eigenvalue weighted by Crippen LogP contribution is 2.48. The van der Waals surface area contributed by atoms with Crippen LogP contribution in [0.25, 0.3) is 11.0 Å². The highest BCUT2D eigenvalue weighted by Gasteiger charge is 2.37. The van der Waals surface area contributed by atoms with E-state index < -0.39 is 5.63 Å². The quantitative estimate of drug-likeness (QED) is 0.221. The molecule has 0 radical (unpaired) electrons. The van der Waals surface area contributed by atoms with Crippen LogP contribution < -0.4 is 16.1 Å². The molecule has 0 bridgehead atoms. The predicted molar refractivity (Wildman–Crippen MR) is 129 cm³/mol. The van der Waals surface area contributed by atoms with Crippen molar-refractivity contribution in [3.63, 3.8) is 0 Å². The minimum absolute atomic E-state index is 0.0473. The zero-order valence-electron chi connectivity index (χ0n) is 19.3. The van der Waals surface area contributed by atoms with Crippen LogP contribution in [0.4, 0.5) is 5.69 Å². The van der Waals surface area contributed by atoms with Gasteiger partial charge >= 0.3 is 5.63 Å². The maximum Gasteiger partial charge on any atom is 0.343 e. The Hall–Kier alpha value is -3.07. The normalized spacial score (nSPS) is 14.4. The number of aromatic hydroxyl groups is 1. The molecule has 3 aromatic rings. The molecule has 1 unspecified atom stereocenters. The van der Waals surface area contributed by atoms with Crippen molar-refractivity contribution in [1.29, 1.82) is 0 Å². The van der Waals surface area contributed by atoms with E-state index in [1.807, 2.05) is 18.2 Å². The molecule has 1 aliphatic carbocycles. The number of ether oxygens (including phenoxy) is 4. The fraction of sp³-hybridized carbons (Fsp3) is 0.423. The minimum atomic E-state index is -0.543. The molecular formula is C26H31NO7. The number of benzene rings is 2. The number of methoxy groups -OCH3 is 1. The predicted octanol–water partition coefficient (Wildman–Crippen LogP) is 3.68. The van der Waals surface area contributed by atoms with Crippen LogP contribution in [0.1, 0.15) is 29.9 Å². The molecule has 0 spiro atoms. The van der Waals surface area contributed by atoms with Crippen LogP contribution in [0, 0.1) is 5.92 Å². The molecule has 1 saturated carbocycles. The molecule has 8 heteroatoms. The summed E-state index contributed by atoms with van der Waals surface area (Å²) >= 11 is 0. The van der Waals surface area contributed by atoms with Crippen molar-refractivity contribution in [2.75, 3.05) is 52.5 Å². The zero-order chi connectivity index (χ0) is 23.9. The molecule has 3 N–H and O–H groups in total. The van der Waals surface area contributed by atoms with Gasteiger partial charge in [0.2, 0.25) is 0 Å². The van der Waals surface area contributed by atoms with Gasteiger partial charge in [0.05, 0.1) is 44.0 Å². The lowest BCUT2D eigenvalue weighted by atomic mass is 9.86.